The van der Waals surface area contributed by atoms with E-state index in [2.05, 4.69) is 16.0 Å². The Labute approximate surface area is 171 Å². The molecule has 2 rings (SSSR count). The van der Waals surface area contributed by atoms with Gasteiger partial charge in [-0.15, -0.1) is 0 Å². The maximum atomic E-state index is 13.0. The molecule has 30 heavy (non-hydrogen) atoms. The summed E-state index contributed by atoms with van der Waals surface area (Å²) in [7, 11) is 0. The Bertz CT molecular complexity index is 910. The van der Waals surface area contributed by atoms with Gasteiger partial charge in [-0.25, -0.2) is 0 Å². The summed E-state index contributed by atoms with van der Waals surface area (Å²) in [6, 6.07) is 10.7. The smallest absolute Gasteiger partial charge is 0.350 e. The van der Waals surface area contributed by atoms with Gasteiger partial charge >= 0.3 is 6.18 Å². The molecule has 0 heterocycles. The first-order chi connectivity index (χ1) is 14.1. The molecular weight excluding hydrogens is 399 g/mol. The molecule has 0 bridgehead atoms. The molecule has 0 aliphatic heterocycles. The maximum Gasteiger partial charge on any atom is 0.417 e. The standard InChI is InChI=1S/C21H22F3N3O3/c1-13(2)18(28)27-15-9-7-14(8-10-15)19(29)25-11-12-26-20(30)16-5-3-4-6-17(16)21(22,23)24/h3-10,13H,11-12H2,1-2H3,(H,25,29)(H,26,30)(H,27,28). The van der Waals surface area contributed by atoms with Gasteiger partial charge in [-0.2, -0.15) is 13.2 Å². The van der Waals surface area contributed by atoms with Crippen molar-refractivity contribution in [2.75, 3.05) is 18.4 Å². The highest BCUT2D eigenvalue weighted by atomic mass is 19.4. The number of nitrogens with one attached hydrogen (secondary N) is 3. The van der Waals surface area contributed by atoms with Crippen LogP contribution in [0.2, 0.25) is 0 Å². The van der Waals surface area contributed by atoms with Crippen LogP contribution in [-0.4, -0.2) is 30.8 Å². The average molecular weight is 421 g/mol. The highest BCUT2D eigenvalue weighted by Crippen LogP contribution is 2.31. The van der Waals surface area contributed by atoms with Gasteiger partial charge in [0.05, 0.1) is 11.1 Å². The zero-order chi connectivity index (χ0) is 22.3. The lowest BCUT2D eigenvalue weighted by Crippen LogP contribution is -2.35. The van der Waals surface area contributed by atoms with Crippen LogP contribution in [0.25, 0.3) is 0 Å². The summed E-state index contributed by atoms with van der Waals surface area (Å²) in [4.78, 5) is 35.8. The SMILES string of the molecule is CC(C)C(=O)Nc1ccc(C(=O)NCCNC(=O)c2ccccc2C(F)(F)F)cc1. The van der Waals surface area contributed by atoms with Crippen LogP contribution in [0.3, 0.4) is 0 Å². The van der Waals surface area contributed by atoms with E-state index in [4.69, 9.17) is 0 Å². The molecule has 0 atom stereocenters. The predicted octanol–water partition coefficient (Wildman–Crippen LogP) is 3.46. The third kappa shape index (κ3) is 6.33. The second-order valence-electron chi connectivity index (χ2n) is 6.78. The van der Waals surface area contributed by atoms with Crippen LogP contribution in [-0.2, 0) is 11.0 Å². The van der Waals surface area contributed by atoms with Gasteiger partial charge in [-0.05, 0) is 36.4 Å². The van der Waals surface area contributed by atoms with Gasteiger partial charge in [0, 0.05) is 30.3 Å². The molecule has 9 heteroatoms. The molecule has 0 fully saturated rings. The Kier molecular flexibility index (Phi) is 7.57. The van der Waals surface area contributed by atoms with E-state index in [1.807, 2.05) is 0 Å². The summed E-state index contributed by atoms with van der Waals surface area (Å²) in [5.74, 6) is -1.61. The fraction of sp³-hybridized carbons (Fsp3) is 0.286. The Balaban J connectivity index is 1.84. The van der Waals surface area contributed by atoms with Crippen LogP contribution in [0.5, 0.6) is 0 Å². The molecule has 2 aromatic carbocycles. The van der Waals surface area contributed by atoms with Gasteiger partial charge in [0.25, 0.3) is 11.8 Å². The number of rotatable bonds is 7. The van der Waals surface area contributed by atoms with Crippen LogP contribution in [0.4, 0.5) is 18.9 Å². The maximum absolute atomic E-state index is 13.0. The van der Waals surface area contributed by atoms with Gasteiger partial charge in [-0.3, -0.25) is 14.4 Å². The number of carbonyl (C=O) groups excluding carboxylic acids is 3. The highest BCUT2D eigenvalue weighted by molar-refractivity contribution is 5.97. The van der Waals surface area contributed by atoms with E-state index in [0.717, 1.165) is 12.1 Å². The van der Waals surface area contributed by atoms with Crippen molar-refractivity contribution in [3.63, 3.8) is 0 Å². The number of alkyl halides is 3. The molecule has 0 spiro atoms. The van der Waals surface area contributed by atoms with Crippen molar-refractivity contribution < 1.29 is 27.6 Å². The van der Waals surface area contributed by atoms with Crippen molar-refractivity contribution in [3.8, 4) is 0 Å². The van der Waals surface area contributed by atoms with E-state index in [1.54, 1.807) is 26.0 Å². The molecule has 6 nitrogen and oxygen atoms in total. The van der Waals surface area contributed by atoms with E-state index in [0.29, 0.717) is 11.3 Å². The quantitative estimate of drug-likeness (QED) is 0.599. The zero-order valence-corrected chi connectivity index (χ0v) is 16.5. The molecular formula is C21H22F3N3O3. The Morgan fingerprint density at radius 3 is 2.00 bits per heavy atom. The first-order valence-corrected chi connectivity index (χ1v) is 9.23. The molecule has 3 amide bonds. The van der Waals surface area contributed by atoms with Gasteiger partial charge in [0.15, 0.2) is 0 Å². The summed E-state index contributed by atoms with van der Waals surface area (Å²) in [6.07, 6.45) is -4.64. The molecule has 0 aromatic heterocycles. The Hall–Kier alpha value is -3.36. The highest BCUT2D eigenvalue weighted by Gasteiger charge is 2.34. The summed E-state index contributed by atoms with van der Waals surface area (Å²) in [5.41, 5.74) is -0.598. The van der Waals surface area contributed by atoms with Crippen molar-refractivity contribution in [1.82, 2.24) is 10.6 Å². The minimum Gasteiger partial charge on any atom is -0.350 e. The van der Waals surface area contributed by atoms with E-state index >= 15 is 0 Å². The van der Waals surface area contributed by atoms with E-state index in [-0.39, 0.29) is 24.9 Å². The number of amides is 3. The third-order valence-corrected chi connectivity index (χ3v) is 4.11. The van der Waals surface area contributed by atoms with Crippen LogP contribution < -0.4 is 16.0 Å². The van der Waals surface area contributed by atoms with E-state index in [9.17, 15) is 27.6 Å². The van der Waals surface area contributed by atoms with Crippen molar-refractivity contribution in [3.05, 3.63) is 65.2 Å². The van der Waals surface area contributed by atoms with E-state index < -0.39 is 29.1 Å². The first kappa shape index (κ1) is 22.9. The number of anilines is 1. The number of halogens is 3. The average Bonchev–Trinajstić information content (AvgIpc) is 2.70. The van der Waals surface area contributed by atoms with Gasteiger partial charge in [-0.1, -0.05) is 26.0 Å². The molecule has 0 aliphatic carbocycles. The molecule has 0 aliphatic rings. The minimum atomic E-state index is -4.64. The lowest BCUT2D eigenvalue weighted by molar-refractivity contribution is -0.138. The molecule has 2 aromatic rings. The molecule has 0 saturated heterocycles. The summed E-state index contributed by atoms with van der Waals surface area (Å²) in [6.45, 7) is 3.51. The van der Waals surface area contributed by atoms with Crippen molar-refractivity contribution in [2.45, 2.75) is 20.0 Å². The Morgan fingerprint density at radius 2 is 1.43 bits per heavy atom. The van der Waals surface area contributed by atoms with Crippen LogP contribution >= 0.6 is 0 Å². The van der Waals surface area contributed by atoms with E-state index in [1.165, 1.54) is 24.3 Å². The largest absolute Gasteiger partial charge is 0.417 e. The monoisotopic (exact) mass is 421 g/mol. The van der Waals surface area contributed by atoms with Gasteiger partial charge in [0.1, 0.15) is 0 Å². The molecule has 160 valence electrons. The topological polar surface area (TPSA) is 87.3 Å². The number of benzene rings is 2. The lowest BCUT2D eigenvalue weighted by atomic mass is 10.1. The summed E-state index contributed by atoms with van der Waals surface area (Å²) >= 11 is 0. The van der Waals surface area contributed by atoms with Crippen LogP contribution in [0.1, 0.15) is 40.1 Å². The fourth-order valence-corrected chi connectivity index (χ4v) is 2.47. The second kappa shape index (κ2) is 9.91. The third-order valence-electron chi connectivity index (χ3n) is 4.11. The molecule has 0 saturated carbocycles. The van der Waals surface area contributed by atoms with Gasteiger partial charge < -0.3 is 16.0 Å². The predicted molar refractivity (Wildman–Crippen MR) is 106 cm³/mol. The second-order valence-corrected chi connectivity index (χ2v) is 6.78. The first-order valence-electron chi connectivity index (χ1n) is 9.23. The van der Waals surface area contributed by atoms with Crippen LogP contribution in [0, 0.1) is 5.92 Å². The molecule has 0 unspecified atom stereocenters. The Morgan fingerprint density at radius 1 is 0.867 bits per heavy atom. The molecule has 0 radical (unpaired) electrons. The van der Waals surface area contributed by atoms with Crippen molar-refractivity contribution >= 4 is 23.4 Å². The van der Waals surface area contributed by atoms with Crippen molar-refractivity contribution in [1.29, 1.82) is 0 Å². The number of hydrogen-bond donors (Lipinski definition) is 3. The normalized spacial score (nSPS) is 11.1. The zero-order valence-electron chi connectivity index (χ0n) is 16.5. The summed E-state index contributed by atoms with van der Waals surface area (Å²) < 4.78 is 38.9. The fourth-order valence-electron chi connectivity index (χ4n) is 2.47. The minimum absolute atomic E-state index is 0.0323. The van der Waals surface area contributed by atoms with Crippen LogP contribution in [0.15, 0.2) is 48.5 Å². The number of hydrogen-bond acceptors (Lipinski definition) is 3. The molecule has 3 N–H and O–H groups in total. The number of carbonyl (C=O) groups is 3. The summed E-state index contributed by atoms with van der Waals surface area (Å²) in [5, 5.41) is 7.63. The lowest BCUT2D eigenvalue weighted by Gasteiger charge is -2.13. The van der Waals surface area contributed by atoms with Crippen molar-refractivity contribution in [2.24, 2.45) is 5.92 Å². The van der Waals surface area contributed by atoms with Gasteiger partial charge in [0.2, 0.25) is 5.91 Å².